The molecule has 1 saturated carbocycles. The zero-order valence-electron chi connectivity index (χ0n) is 13.0. The van der Waals surface area contributed by atoms with Crippen molar-refractivity contribution < 1.29 is 18.4 Å². The molecule has 2 amide bonds. The highest BCUT2D eigenvalue weighted by Gasteiger charge is 2.45. The summed E-state index contributed by atoms with van der Waals surface area (Å²) in [4.78, 5) is 23.3. The first-order chi connectivity index (χ1) is 11.5. The van der Waals surface area contributed by atoms with Crippen LogP contribution in [0.1, 0.15) is 24.8 Å². The number of nitrogens with one attached hydrogen (secondary N) is 2. The van der Waals surface area contributed by atoms with E-state index in [-0.39, 0.29) is 29.2 Å². The number of rotatable bonds is 4. The number of hydrogen-bond donors (Lipinski definition) is 2. The van der Waals surface area contributed by atoms with E-state index < -0.39 is 11.7 Å². The lowest BCUT2D eigenvalue weighted by atomic mass is 10.1. The third-order valence-corrected chi connectivity index (χ3v) is 3.98. The minimum Gasteiger partial charge on any atom is -0.326 e. The Morgan fingerprint density at radius 1 is 1.04 bits per heavy atom. The van der Waals surface area contributed by atoms with Crippen LogP contribution in [-0.2, 0) is 9.59 Å². The van der Waals surface area contributed by atoms with E-state index in [2.05, 4.69) is 10.6 Å². The van der Waals surface area contributed by atoms with Crippen molar-refractivity contribution in [1.29, 1.82) is 0 Å². The lowest BCUT2D eigenvalue weighted by Gasteiger charge is -2.09. The van der Waals surface area contributed by atoms with Gasteiger partial charge in [-0.1, -0.05) is 18.2 Å². The van der Waals surface area contributed by atoms with E-state index >= 15 is 0 Å². The summed E-state index contributed by atoms with van der Waals surface area (Å²) in [6, 6.07) is 10.3. The Kier molecular flexibility index (Phi) is 4.29. The smallest absolute Gasteiger partial charge is 0.228 e. The molecule has 1 fully saturated rings. The van der Waals surface area contributed by atoms with Gasteiger partial charge in [0.25, 0.3) is 0 Å². The van der Waals surface area contributed by atoms with Crippen molar-refractivity contribution in [3.63, 3.8) is 0 Å². The Bertz CT molecular complexity index is 807. The van der Waals surface area contributed by atoms with Crippen LogP contribution in [0.4, 0.5) is 20.2 Å². The second-order valence-corrected chi connectivity index (χ2v) is 5.84. The third kappa shape index (κ3) is 3.42. The maximum Gasteiger partial charge on any atom is 0.228 e. The molecule has 2 aromatic carbocycles. The largest absolute Gasteiger partial charge is 0.326 e. The van der Waals surface area contributed by atoms with Crippen molar-refractivity contribution in [3.8, 4) is 0 Å². The fourth-order valence-electron chi connectivity index (χ4n) is 2.73. The first kappa shape index (κ1) is 16.1. The zero-order chi connectivity index (χ0) is 17.3. The quantitative estimate of drug-likeness (QED) is 0.899. The fraction of sp³-hybridized carbons (Fsp3) is 0.222. The fourth-order valence-corrected chi connectivity index (χ4v) is 2.73. The number of carbonyl (C=O) groups is 2. The molecule has 6 heteroatoms. The van der Waals surface area contributed by atoms with Gasteiger partial charge in [-0.15, -0.1) is 0 Å². The van der Waals surface area contributed by atoms with E-state index in [1.54, 1.807) is 18.2 Å². The van der Waals surface area contributed by atoms with Gasteiger partial charge in [-0.2, -0.15) is 0 Å². The van der Waals surface area contributed by atoms with Crippen molar-refractivity contribution >= 4 is 23.2 Å². The van der Waals surface area contributed by atoms with Crippen LogP contribution >= 0.6 is 0 Å². The van der Waals surface area contributed by atoms with Gasteiger partial charge in [-0.25, -0.2) is 8.78 Å². The van der Waals surface area contributed by atoms with E-state index in [4.69, 9.17) is 0 Å². The van der Waals surface area contributed by atoms with Crippen molar-refractivity contribution in [2.24, 2.45) is 5.92 Å². The van der Waals surface area contributed by atoms with Gasteiger partial charge in [-0.05, 0) is 42.2 Å². The molecule has 0 saturated heterocycles. The van der Waals surface area contributed by atoms with Crippen molar-refractivity contribution in [2.45, 2.75) is 19.3 Å². The number of hydrogen-bond acceptors (Lipinski definition) is 2. The van der Waals surface area contributed by atoms with Crippen LogP contribution in [0.3, 0.4) is 0 Å². The summed E-state index contributed by atoms with van der Waals surface area (Å²) < 4.78 is 27.3. The zero-order valence-corrected chi connectivity index (χ0v) is 13.0. The highest BCUT2D eigenvalue weighted by atomic mass is 19.1. The normalized spacial score (nSPS) is 18.8. The first-order valence-corrected chi connectivity index (χ1v) is 7.58. The van der Waals surface area contributed by atoms with Gasteiger partial charge in [0.05, 0.1) is 5.69 Å². The maximum absolute atomic E-state index is 13.7. The van der Waals surface area contributed by atoms with Crippen LogP contribution in [0.25, 0.3) is 0 Å². The number of anilines is 2. The highest BCUT2D eigenvalue weighted by Crippen LogP contribution is 2.48. The Hall–Kier alpha value is -2.76. The molecule has 124 valence electrons. The van der Waals surface area contributed by atoms with Crippen LogP contribution in [-0.4, -0.2) is 11.8 Å². The second-order valence-electron chi connectivity index (χ2n) is 5.84. The summed E-state index contributed by atoms with van der Waals surface area (Å²) in [7, 11) is 0. The summed E-state index contributed by atoms with van der Waals surface area (Å²) in [5.41, 5.74) is 0.918. The summed E-state index contributed by atoms with van der Waals surface area (Å²) in [5.74, 6) is -1.99. The van der Waals surface area contributed by atoms with Gasteiger partial charge in [0.15, 0.2) is 0 Å². The molecule has 4 nitrogen and oxygen atoms in total. The molecule has 2 N–H and O–H groups in total. The summed E-state index contributed by atoms with van der Waals surface area (Å²) >= 11 is 0. The van der Waals surface area contributed by atoms with Gasteiger partial charge in [-0.3, -0.25) is 9.59 Å². The molecule has 2 atom stereocenters. The van der Waals surface area contributed by atoms with E-state index in [0.717, 1.165) is 0 Å². The second kappa shape index (κ2) is 6.39. The number of amides is 2. The topological polar surface area (TPSA) is 58.2 Å². The Morgan fingerprint density at radius 2 is 1.79 bits per heavy atom. The predicted octanol–water partition coefficient (Wildman–Crippen LogP) is 3.67. The molecule has 0 radical (unpaired) electrons. The van der Waals surface area contributed by atoms with Gasteiger partial charge in [0.2, 0.25) is 11.8 Å². The number of benzene rings is 2. The molecular formula is C18H16F2N2O2. The molecule has 0 bridgehead atoms. The van der Waals surface area contributed by atoms with Crippen LogP contribution in [0.15, 0.2) is 42.5 Å². The molecular weight excluding hydrogens is 314 g/mol. The van der Waals surface area contributed by atoms with Crippen LogP contribution in [0.5, 0.6) is 0 Å². The molecule has 2 unspecified atom stereocenters. The van der Waals surface area contributed by atoms with Crippen LogP contribution < -0.4 is 10.6 Å². The van der Waals surface area contributed by atoms with Crippen molar-refractivity contribution in [3.05, 3.63) is 59.7 Å². The first-order valence-electron chi connectivity index (χ1n) is 7.58. The molecule has 0 heterocycles. The van der Waals surface area contributed by atoms with Gasteiger partial charge in [0.1, 0.15) is 11.6 Å². The average molecular weight is 330 g/mol. The van der Waals surface area contributed by atoms with Crippen LogP contribution in [0.2, 0.25) is 0 Å². The van der Waals surface area contributed by atoms with Gasteiger partial charge < -0.3 is 10.6 Å². The van der Waals surface area contributed by atoms with E-state index in [0.29, 0.717) is 17.7 Å². The summed E-state index contributed by atoms with van der Waals surface area (Å²) in [6.07, 6.45) is 0.576. The number of carbonyl (C=O) groups excluding carboxylic acids is 2. The molecule has 0 spiro atoms. The Balaban J connectivity index is 1.68. The van der Waals surface area contributed by atoms with E-state index in [1.807, 2.05) is 0 Å². The highest BCUT2D eigenvalue weighted by molar-refractivity contribution is 5.96. The minimum atomic E-state index is -0.584. The maximum atomic E-state index is 13.7. The Morgan fingerprint density at radius 3 is 2.50 bits per heavy atom. The van der Waals surface area contributed by atoms with E-state index in [9.17, 15) is 18.4 Å². The lowest BCUT2D eigenvalue weighted by Crippen LogP contribution is -2.15. The van der Waals surface area contributed by atoms with Crippen molar-refractivity contribution in [1.82, 2.24) is 0 Å². The van der Waals surface area contributed by atoms with E-state index in [1.165, 1.54) is 31.2 Å². The molecule has 2 aromatic rings. The minimum absolute atomic E-state index is 0.00162. The molecule has 24 heavy (non-hydrogen) atoms. The summed E-state index contributed by atoms with van der Waals surface area (Å²) in [5, 5.41) is 5.04. The molecule has 0 aliphatic heterocycles. The van der Waals surface area contributed by atoms with Gasteiger partial charge in [0, 0.05) is 18.5 Å². The molecule has 0 aromatic heterocycles. The predicted molar refractivity (Wildman–Crippen MR) is 86.6 cm³/mol. The standard InChI is InChI=1S/C18H16F2N2O2/c1-10(23)21-17-8-11(6-7-16(17)20)22-18(24)14-9-13(14)12-4-2-3-5-15(12)19/h2-8,13-14H,9H2,1H3,(H,21,23)(H,22,24). The van der Waals surface area contributed by atoms with Crippen LogP contribution in [0, 0.1) is 17.6 Å². The summed E-state index contributed by atoms with van der Waals surface area (Å²) in [6.45, 7) is 1.27. The van der Waals surface area contributed by atoms with Crippen molar-refractivity contribution in [2.75, 3.05) is 10.6 Å². The third-order valence-electron chi connectivity index (χ3n) is 3.98. The Labute approximate surface area is 137 Å². The van der Waals surface area contributed by atoms with Gasteiger partial charge >= 0.3 is 0 Å². The monoisotopic (exact) mass is 330 g/mol. The SMILES string of the molecule is CC(=O)Nc1cc(NC(=O)C2CC2c2ccccc2F)ccc1F. The molecule has 1 aliphatic rings. The lowest BCUT2D eigenvalue weighted by molar-refractivity contribution is -0.117. The number of halogens is 2. The molecule has 1 aliphatic carbocycles. The molecule has 3 rings (SSSR count). The average Bonchev–Trinajstić information content (AvgIpc) is 3.31.